The molecule has 2 N–H and O–H groups in total. The van der Waals surface area contributed by atoms with Crippen LogP contribution in [0.3, 0.4) is 0 Å². The number of nitrogens with one attached hydrogen (secondary N) is 1. The molecule has 0 atom stereocenters. The van der Waals surface area contributed by atoms with Gasteiger partial charge in [0.1, 0.15) is 0 Å². The summed E-state index contributed by atoms with van der Waals surface area (Å²) in [6, 6.07) is 10.1. The van der Waals surface area contributed by atoms with E-state index in [2.05, 4.69) is 10.3 Å². The van der Waals surface area contributed by atoms with E-state index in [-0.39, 0.29) is 19.1 Å². The van der Waals surface area contributed by atoms with Crippen molar-refractivity contribution in [1.82, 2.24) is 14.9 Å². The van der Waals surface area contributed by atoms with Gasteiger partial charge in [0.15, 0.2) is 5.65 Å². The Hall–Kier alpha value is -2.91. The molecule has 150 valence electrons. The molecule has 2 aromatic heterocycles. The second kappa shape index (κ2) is 7.16. The van der Waals surface area contributed by atoms with Crippen molar-refractivity contribution in [2.45, 2.75) is 13.1 Å². The third-order valence-electron chi connectivity index (χ3n) is 4.52. The number of amides is 1. The van der Waals surface area contributed by atoms with E-state index in [0.29, 0.717) is 16.9 Å². The van der Waals surface area contributed by atoms with Crippen molar-refractivity contribution in [1.29, 1.82) is 0 Å². The SMILES string of the molecule is Cc1nc2c(s1)c1cc(C(=O)NCCO)ccc1n2-c1ccc(C(F)(F)F)cc1. The minimum absolute atomic E-state index is 0.151. The van der Waals surface area contributed by atoms with E-state index < -0.39 is 11.7 Å². The normalized spacial score (nSPS) is 12.0. The molecule has 0 aliphatic heterocycles. The highest BCUT2D eigenvalue weighted by atomic mass is 32.1. The highest BCUT2D eigenvalue weighted by molar-refractivity contribution is 7.19. The average molecular weight is 419 g/mol. The van der Waals surface area contributed by atoms with Gasteiger partial charge in [0.25, 0.3) is 5.91 Å². The number of fused-ring (bicyclic) bond motifs is 3. The number of halogens is 3. The number of aliphatic hydroxyl groups excluding tert-OH is 1. The molecule has 0 saturated heterocycles. The number of thiazole rings is 1. The lowest BCUT2D eigenvalue weighted by Crippen LogP contribution is -2.26. The Kier molecular flexibility index (Phi) is 4.79. The molecule has 0 radical (unpaired) electrons. The van der Waals surface area contributed by atoms with Gasteiger partial charge in [-0.1, -0.05) is 0 Å². The van der Waals surface area contributed by atoms with Crippen molar-refractivity contribution in [2.24, 2.45) is 0 Å². The summed E-state index contributed by atoms with van der Waals surface area (Å²) in [7, 11) is 0. The highest BCUT2D eigenvalue weighted by Gasteiger charge is 2.30. The molecule has 0 bridgehead atoms. The number of nitrogens with zero attached hydrogens (tertiary/aromatic N) is 2. The summed E-state index contributed by atoms with van der Waals surface area (Å²) in [6.45, 7) is 1.85. The van der Waals surface area contributed by atoms with Gasteiger partial charge in [-0.3, -0.25) is 9.36 Å². The lowest BCUT2D eigenvalue weighted by molar-refractivity contribution is -0.137. The average Bonchev–Trinajstić information content (AvgIpc) is 3.19. The lowest BCUT2D eigenvalue weighted by Gasteiger charge is -2.10. The van der Waals surface area contributed by atoms with Crippen molar-refractivity contribution in [3.05, 3.63) is 58.6 Å². The van der Waals surface area contributed by atoms with Crippen LogP contribution in [0.5, 0.6) is 0 Å². The molecule has 0 aliphatic carbocycles. The molecule has 1 amide bonds. The van der Waals surface area contributed by atoms with Gasteiger partial charge >= 0.3 is 6.18 Å². The van der Waals surface area contributed by atoms with Crippen LogP contribution in [-0.4, -0.2) is 33.7 Å². The Labute approximate surface area is 167 Å². The Morgan fingerprint density at radius 1 is 1.21 bits per heavy atom. The van der Waals surface area contributed by atoms with Crippen LogP contribution in [0.4, 0.5) is 13.2 Å². The summed E-state index contributed by atoms with van der Waals surface area (Å²) in [6.07, 6.45) is -4.40. The van der Waals surface area contributed by atoms with E-state index in [1.54, 1.807) is 22.8 Å². The molecule has 4 aromatic rings. The number of alkyl halides is 3. The molecule has 0 saturated carbocycles. The van der Waals surface area contributed by atoms with Gasteiger partial charge in [-0.15, -0.1) is 11.3 Å². The molecule has 0 spiro atoms. The van der Waals surface area contributed by atoms with Crippen molar-refractivity contribution in [2.75, 3.05) is 13.2 Å². The van der Waals surface area contributed by atoms with Gasteiger partial charge in [0.2, 0.25) is 0 Å². The molecule has 4 rings (SSSR count). The van der Waals surface area contributed by atoms with Crippen LogP contribution in [0.15, 0.2) is 42.5 Å². The second-order valence-electron chi connectivity index (χ2n) is 6.48. The quantitative estimate of drug-likeness (QED) is 0.519. The summed E-state index contributed by atoms with van der Waals surface area (Å²) in [5.74, 6) is -0.308. The summed E-state index contributed by atoms with van der Waals surface area (Å²) >= 11 is 1.46. The summed E-state index contributed by atoms with van der Waals surface area (Å²) in [5.41, 5.74) is 1.66. The predicted octanol–water partition coefficient (Wildman–Crippen LogP) is 4.29. The number of aromatic nitrogens is 2. The largest absolute Gasteiger partial charge is 0.416 e. The minimum atomic E-state index is -4.40. The van der Waals surface area contributed by atoms with Crippen LogP contribution < -0.4 is 5.32 Å². The van der Waals surface area contributed by atoms with Crippen LogP contribution >= 0.6 is 11.3 Å². The second-order valence-corrected chi connectivity index (χ2v) is 7.68. The fourth-order valence-corrected chi connectivity index (χ4v) is 4.17. The molecule has 2 aromatic carbocycles. The van der Waals surface area contributed by atoms with Crippen molar-refractivity contribution >= 4 is 38.5 Å². The third kappa shape index (κ3) is 3.47. The topological polar surface area (TPSA) is 67.2 Å². The maximum atomic E-state index is 12.9. The highest BCUT2D eigenvalue weighted by Crippen LogP contribution is 2.37. The van der Waals surface area contributed by atoms with E-state index in [4.69, 9.17) is 5.11 Å². The standard InChI is InChI=1S/C20H16F3N3O2S/c1-11-25-18-17(29-11)15-10-12(19(28)24-8-9-27)2-7-16(15)26(18)14-5-3-13(4-6-14)20(21,22)23/h2-7,10,27H,8-9H2,1H3,(H,24,28). The first-order valence-corrected chi connectivity index (χ1v) is 9.59. The van der Waals surface area contributed by atoms with E-state index in [1.807, 2.05) is 6.92 Å². The maximum Gasteiger partial charge on any atom is 0.416 e. The van der Waals surface area contributed by atoms with Crippen LogP contribution in [0.2, 0.25) is 0 Å². The van der Waals surface area contributed by atoms with E-state index in [1.165, 1.54) is 23.5 Å². The van der Waals surface area contributed by atoms with Gasteiger partial charge in [-0.2, -0.15) is 13.2 Å². The number of benzene rings is 2. The summed E-state index contributed by atoms with van der Waals surface area (Å²) < 4.78 is 41.4. The molecule has 0 aliphatic rings. The van der Waals surface area contributed by atoms with Gasteiger partial charge in [-0.05, 0) is 49.4 Å². The van der Waals surface area contributed by atoms with Crippen molar-refractivity contribution in [3.8, 4) is 5.69 Å². The molecular formula is C20H16F3N3O2S. The number of hydrogen-bond acceptors (Lipinski definition) is 4. The van der Waals surface area contributed by atoms with Gasteiger partial charge < -0.3 is 10.4 Å². The Bertz CT molecular complexity index is 1210. The zero-order valence-electron chi connectivity index (χ0n) is 15.2. The number of rotatable bonds is 4. The smallest absolute Gasteiger partial charge is 0.395 e. The monoisotopic (exact) mass is 419 g/mol. The fourth-order valence-electron chi connectivity index (χ4n) is 3.24. The summed E-state index contributed by atoms with van der Waals surface area (Å²) in [4.78, 5) is 16.8. The predicted molar refractivity (Wildman–Crippen MR) is 106 cm³/mol. The lowest BCUT2D eigenvalue weighted by atomic mass is 10.1. The van der Waals surface area contributed by atoms with Crippen LogP contribution in [0.1, 0.15) is 20.9 Å². The van der Waals surface area contributed by atoms with E-state index in [9.17, 15) is 18.0 Å². The first-order valence-electron chi connectivity index (χ1n) is 8.78. The molecule has 0 unspecified atom stereocenters. The van der Waals surface area contributed by atoms with E-state index in [0.717, 1.165) is 32.7 Å². The molecule has 2 heterocycles. The zero-order valence-corrected chi connectivity index (χ0v) is 16.1. The Balaban J connectivity index is 1.88. The molecule has 5 nitrogen and oxygen atoms in total. The number of hydrogen-bond donors (Lipinski definition) is 2. The number of carbonyl (C=O) groups excluding carboxylic acids is 1. The number of carbonyl (C=O) groups is 1. The third-order valence-corrected chi connectivity index (χ3v) is 5.52. The van der Waals surface area contributed by atoms with Crippen LogP contribution in [0, 0.1) is 6.92 Å². The van der Waals surface area contributed by atoms with Crippen LogP contribution in [-0.2, 0) is 6.18 Å². The number of aryl methyl sites for hydroxylation is 1. The fraction of sp³-hybridized carbons (Fsp3) is 0.200. The maximum absolute atomic E-state index is 12.9. The summed E-state index contributed by atoms with van der Waals surface area (Å²) in [5, 5.41) is 13.1. The van der Waals surface area contributed by atoms with Crippen LogP contribution in [0.25, 0.3) is 26.9 Å². The van der Waals surface area contributed by atoms with Gasteiger partial charge in [-0.25, -0.2) is 4.98 Å². The Morgan fingerprint density at radius 3 is 2.59 bits per heavy atom. The zero-order chi connectivity index (χ0) is 20.8. The Morgan fingerprint density at radius 2 is 1.93 bits per heavy atom. The van der Waals surface area contributed by atoms with Crippen molar-refractivity contribution in [3.63, 3.8) is 0 Å². The molecule has 9 heteroatoms. The van der Waals surface area contributed by atoms with Gasteiger partial charge in [0.05, 0.1) is 27.4 Å². The van der Waals surface area contributed by atoms with Crippen molar-refractivity contribution < 1.29 is 23.1 Å². The number of aliphatic hydroxyl groups is 1. The molecular weight excluding hydrogens is 403 g/mol. The van der Waals surface area contributed by atoms with E-state index >= 15 is 0 Å². The first-order chi connectivity index (χ1) is 13.8. The molecule has 29 heavy (non-hydrogen) atoms. The minimum Gasteiger partial charge on any atom is -0.395 e. The molecule has 0 fully saturated rings. The van der Waals surface area contributed by atoms with Gasteiger partial charge in [0, 0.05) is 23.2 Å². The first kappa shape index (κ1) is 19.4.